The first kappa shape index (κ1) is 23.4. The van der Waals surface area contributed by atoms with Crippen molar-refractivity contribution < 1.29 is 23.2 Å². The van der Waals surface area contributed by atoms with E-state index in [2.05, 4.69) is 4.98 Å². The summed E-state index contributed by atoms with van der Waals surface area (Å²) < 4.78 is 33.1. The first-order chi connectivity index (χ1) is 15.6. The van der Waals surface area contributed by atoms with E-state index in [1.807, 2.05) is 27.7 Å². The largest absolute Gasteiger partial charge is 0.497 e. The summed E-state index contributed by atoms with van der Waals surface area (Å²) in [4.78, 5) is 15.6. The Kier molecular flexibility index (Phi) is 6.08. The summed E-state index contributed by atoms with van der Waals surface area (Å²) in [5.74, 6) is -0.0661. The minimum atomic E-state index is -0.838. The van der Waals surface area contributed by atoms with Gasteiger partial charge < -0.3 is 14.0 Å². The highest BCUT2D eigenvalue weighted by Gasteiger charge is 2.52. The summed E-state index contributed by atoms with van der Waals surface area (Å²) in [6.45, 7) is 7.69. The second kappa shape index (κ2) is 8.56. The molecule has 0 spiro atoms. The Hall–Kier alpha value is -2.74. The van der Waals surface area contributed by atoms with E-state index in [0.717, 1.165) is 0 Å². The molecule has 1 aromatic heterocycles. The summed E-state index contributed by atoms with van der Waals surface area (Å²) in [5, 5.41) is 0.281. The average molecular weight is 468 g/mol. The molecule has 0 amide bonds. The molecular weight excluding hydrogens is 444 g/mol. The zero-order chi connectivity index (χ0) is 24.0. The van der Waals surface area contributed by atoms with Crippen LogP contribution in [-0.4, -0.2) is 36.7 Å². The zero-order valence-corrected chi connectivity index (χ0v) is 19.9. The maximum atomic E-state index is 15.7. The Morgan fingerprint density at radius 1 is 1.06 bits per heavy atom. The molecule has 8 heteroatoms. The van der Waals surface area contributed by atoms with Crippen LogP contribution in [0.25, 0.3) is 22.4 Å². The fourth-order valence-electron chi connectivity index (χ4n) is 3.72. The van der Waals surface area contributed by atoms with Crippen molar-refractivity contribution in [2.45, 2.75) is 38.9 Å². The summed E-state index contributed by atoms with van der Waals surface area (Å²) in [6, 6.07) is 11.8. The number of nitrogens with zero attached hydrogens (tertiary/aromatic N) is 1. The van der Waals surface area contributed by atoms with Crippen molar-refractivity contribution in [2.75, 3.05) is 7.11 Å². The molecule has 1 saturated heterocycles. The molecule has 2 heterocycles. The van der Waals surface area contributed by atoms with Gasteiger partial charge in [0.25, 0.3) is 0 Å². The Bertz CT molecular complexity index is 1220. The molecule has 0 unspecified atom stereocenters. The van der Waals surface area contributed by atoms with E-state index in [1.165, 1.54) is 7.11 Å². The lowest BCUT2D eigenvalue weighted by atomic mass is 9.77. The van der Waals surface area contributed by atoms with E-state index in [4.69, 9.17) is 25.6 Å². The van der Waals surface area contributed by atoms with E-state index < -0.39 is 24.1 Å². The Labute approximate surface area is 198 Å². The van der Waals surface area contributed by atoms with Crippen LogP contribution in [0.15, 0.2) is 48.7 Å². The van der Waals surface area contributed by atoms with Crippen molar-refractivity contribution in [1.82, 2.24) is 4.98 Å². The van der Waals surface area contributed by atoms with Crippen LogP contribution in [0.1, 0.15) is 38.1 Å². The maximum Gasteiger partial charge on any atom is 0.497 e. The summed E-state index contributed by atoms with van der Waals surface area (Å²) >= 11 is 6.72. The van der Waals surface area contributed by atoms with Gasteiger partial charge in [-0.25, -0.2) is 4.39 Å². The number of aromatic nitrogens is 1. The van der Waals surface area contributed by atoms with Crippen LogP contribution in [0, 0.1) is 5.82 Å². The second-order valence-corrected chi connectivity index (χ2v) is 9.27. The number of benzene rings is 2. The van der Waals surface area contributed by atoms with Gasteiger partial charge in [0.05, 0.1) is 34.6 Å². The molecule has 0 atom stereocenters. The van der Waals surface area contributed by atoms with Crippen LogP contribution in [0.5, 0.6) is 5.75 Å². The normalized spacial score (nSPS) is 16.6. The number of methoxy groups -OCH3 is 1. The molecule has 0 aliphatic carbocycles. The molecule has 33 heavy (non-hydrogen) atoms. The van der Waals surface area contributed by atoms with Gasteiger partial charge in [-0.05, 0) is 45.9 Å². The minimum absolute atomic E-state index is 0.281. The first-order valence-electron chi connectivity index (χ1n) is 10.5. The third-order valence-corrected chi connectivity index (χ3v) is 6.73. The van der Waals surface area contributed by atoms with Crippen molar-refractivity contribution in [3.63, 3.8) is 0 Å². The highest BCUT2D eigenvalue weighted by atomic mass is 35.5. The number of carbonyl (C=O) groups is 1. The van der Waals surface area contributed by atoms with Crippen molar-refractivity contribution in [2.24, 2.45) is 0 Å². The SMILES string of the molecule is COc1cc(-c2nccc(-c3cccc(B4OC(C)(C)C(C)(C)O4)c3F)c2Cl)ccc1C=O. The van der Waals surface area contributed by atoms with Crippen LogP contribution in [-0.2, 0) is 9.31 Å². The first-order valence-corrected chi connectivity index (χ1v) is 10.9. The molecular formula is C25H24BClFNO4. The van der Waals surface area contributed by atoms with Crippen LogP contribution >= 0.6 is 11.6 Å². The van der Waals surface area contributed by atoms with Gasteiger partial charge in [-0.15, -0.1) is 0 Å². The fraction of sp³-hybridized carbons (Fsp3) is 0.280. The van der Waals surface area contributed by atoms with Gasteiger partial charge in [0.1, 0.15) is 11.6 Å². The quantitative estimate of drug-likeness (QED) is 0.375. The van der Waals surface area contributed by atoms with Gasteiger partial charge in [0.2, 0.25) is 0 Å². The average Bonchev–Trinajstić information content (AvgIpc) is 3.00. The lowest BCUT2D eigenvalue weighted by Crippen LogP contribution is -2.41. The topological polar surface area (TPSA) is 57.6 Å². The minimum Gasteiger partial charge on any atom is -0.496 e. The van der Waals surface area contributed by atoms with Gasteiger partial charge in [-0.1, -0.05) is 35.9 Å². The lowest BCUT2D eigenvalue weighted by molar-refractivity contribution is 0.00578. The molecule has 0 N–H and O–H groups in total. The highest BCUT2D eigenvalue weighted by Crippen LogP contribution is 2.39. The van der Waals surface area contributed by atoms with Gasteiger partial charge in [-0.2, -0.15) is 0 Å². The smallest absolute Gasteiger partial charge is 0.496 e. The van der Waals surface area contributed by atoms with Gasteiger partial charge in [0.15, 0.2) is 6.29 Å². The number of halogens is 2. The number of hydrogen-bond donors (Lipinski definition) is 0. The number of carbonyl (C=O) groups excluding carboxylic acids is 1. The van der Waals surface area contributed by atoms with E-state index in [0.29, 0.717) is 45.4 Å². The monoisotopic (exact) mass is 467 g/mol. The van der Waals surface area contributed by atoms with Crippen LogP contribution in [0.3, 0.4) is 0 Å². The molecule has 1 aliphatic rings. The maximum absolute atomic E-state index is 15.7. The third kappa shape index (κ3) is 4.05. The standard InChI is InChI=1S/C25H24BClFNO4/c1-24(2)25(3,4)33-26(32-24)19-8-6-7-18(22(19)28)17-11-12-29-23(21(17)27)15-9-10-16(14-30)20(13-15)31-5/h6-14H,1-5H3. The van der Waals surface area contributed by atoms with E-state index in [-0.39, 0.29) is 5.02 Å². The van der Waals surface area contributed by atoms with Gasteiger partial charge in [-0.3, -0.25) is 9.78 Å². The van der Waals surface area contributed by atoms with Crippen LogP contribution < -0.4 is 10.2 Å². The Morgan fingerprint density at radius 2 is 1.76 bits per heavy atom. The van der Waals surface area contributed by atoms with Crippen LogP contribution in [0.2, 0.25) is 5.02 Å². The van der Waals surface area contributed by atoms with E-state index in [1.54, 1.807) is 48.7 Å². The molecule has 1 aliphatic heterocycles. The summed E-state index contributed by atoms with van der Waals surface area (Å²) in [7, 11) is 0.643. The molecule has 0 saturated carbocycles. The summed E-state index contributed by atoms with van der Waals surface area (Å²) in [6.07, 6.45) is 2.28. The number of ether oxygens (including phenoxy) is 1. The third-order valence-electron chi connectivity index (χ3n) is 6.35. The second-order valence-electron chi connectivity index (χ2n) is 8.89. The molecule has 0 radical (unpaired) electrons. The van der Waals surface area contributed by atoms with Crippen molar-refractivity contribution in [1.29, 1.82) is 0 Å². The lowest BCUT2D eigenvalue weighted by Gasteiger charge is -2.32. The number of pyridine rings is 1. The summed E-state index contributed by atoms with van der Waals surface area (Å²) in [5.41, 5.74) is 1.43. The van der Waals surface area contributed by atoms with Crippen molar-refractivity contribution in [3.8, 4) is 28.1 Å². The molecule has 170 valence electrons. The zero-order valence-electron chi connectivity index (χ0n) is 19.1. The molecule has 4 rings (SSSR count). The Morgan fingerprint density at radius 3 is 2.39 bits per heavy atom. The van der Waals surface area contributed by atoms with Crippen molar-refractivity contribution in [3.05, 3.63) is 65.1 Å². The van der Waals surface area contributed by atoms with E-state index in [9.17, 15) is 4.79 Å². The predicted octanol–water partition coefficient (Wildman–Crippen LogP) is 5.33. The molecule has 0 bridgehead atoms. The predicted molar refractivity (Wildman–Crippen MR) is 128 cm³/mol. The van der Waals surface area contributed by atoms with Crippen molar-refractivity contribution >= 4 is 30.5 Å². The number of aldehydes is 1. The molecule has 1 fully saturated rings. The van der Waals surface area contributed by atoms with Gasteiger partial charge in [0, 0.05) is 28.4 Å². The van der Waals surface area contributed by atoms with Crippen LogP contribution in [0.4, 0.5) is 4.39 Å². The van der Waals surface area contributed by atoms with Gasteiger partial charge >= 0.3 is 7.12 Å². The fourth-order valence-corrected chi connectivity index (χ4v) is 4.04. The number of rotatable bonds is 5. The van der Waals surface area contributed by atoms with E-state index >= 15 is 4.39 Å². The highest BCUT2D eigenvalue weighted by molar-refractivity contribution is 6.62. The number of hydrogen-bond acceptors (Lipinski definition) is 5. The molecule has 3 aromatic rings. The Balaban J connectivity index is 1.78. The molecule has 5 nitrogen and oxygen atoms in total. The molecule has 2 aromatic carbocycles.